The molecule has 0 bridgehead atoms. The number of rotatable bonds is 9. The first kappa shape index (κ1) is 18.7. The summed E-state index contributed by atoms with van der Waals surface area (Å²) < 4.78 is 0. The van der Waals surface area contributed by atoms with Crippen LogP contribution >= 0.6 is 0 Å². The number of allylic oxidation sites excluding steroid dienone is 1. The molecule has 114 valence electrons. The van der Waals surface area contributed by atoms with Crippen molar-refractivity contribution in [3.8, 4) is 0 Å². The van der Waals surface area contributed by atoms with Crippen molar-refractivity contribution >= 4 is 0 Å². The van der Waals surface area contributed by atoms with Gasteiger partial charge in [0.05, 0.1) is 12.2 Å². The lowest BCUT2D eigenvalue weighted by molar-refractivity contribution is -0.0296. The minimum absolute atomic E-state index is 0.0831. The maximum absolute atomic E-state index is 10.5. The van der Waals surface area contributed by atoms with E-state index in [4.69, 9.17) is 0 Å². The topological polar surface area (TPSA) is 40.5 Å². The molecule has 2 N–H and O–H groups in total. The third-order valence-electron chi connectivity index (χ3n) is 4.52. The van der Waals surface area contributed by atoms with Gasteiger partial charge in [0.15, 0.2) is 0 Å². The van der Waals surface area contributed by atoms with Crippen molar-refractivity contribution in [2.24, 2.45) is 23.7 Å². The zero-order valence-corrected chi connectivity index (χ0v) is 13.6. The summed E-state index contributed by atoms with van der Waals surface area (Å²) in [7, 11) is 0. The molecule has 0 aromatic carbocycles. The highest BCUT2D eigenvalue weighted by Crippen LogP contribution is 2.28. The Labute approximate surface area is 119 Å². The van der Waals surface area contributed by atoms with Crippen LogP contribution < -0.4 is 0 Å². The van der Waals surface area contributed by atoms with Crippen LogP contribution in [0.1, 0.15) is 60.8 Å². The van der Waals surface area contributed by atoms with Crippen LogP contribution in [0.15, 0.2) is 12.2 Å². The summed E-state index contributed by atoms with van der Waals surface area (Å²) in [5.41, 5.74) is 0. The molecule has 6 unspecified atom stereocenters. The van der Waals surface area contributed by atoms with Gasteiger partial charge in [-0.25, -0.2) is 0 Å². The monoisotopic (exact) mass is 270 g/mol. The first-order valence-electron chi connectivity index (χ1n) is 7.87. The van der Waals surface area contributed by atoms with E-state index in [0.29, 0.717) is 5.92 Å². The molecular formula is C17H34O2. The van der Waals surface area contributed by atoms with Crippen LogP contribution in [0.4, 0.5) is 0 Å². The maximum Gasteiger partial charge on any atom is 0.0650 e. The van der Waals surface area contributed by atoms with Gasteiger partial charge in [-0.1, -0.05) is 59.6 Å². The van der Waals surface area contributed by atoms with Gasteiger partial charge in [0.2, 0.25) is 0 Å². The van der Waals surface area contributed by atoms with Crippen LogP contribution in [0, 0.1) is 23.7 Å². The second-order valence-corrected chi connectivity index (χ2v) is 6.14. The summed E-state index contributed by atoms with van der Waals surface area (Å²) in [5.74, 6) is 0.935. The highest BCUT2D eigenvalue weighted by Gasteiger charge is 2.31. The SMILES string of the molecule is CC=CC(C)C(O)C(C)C(O)C(CC)CC(C)CC. The van der Waals surface area contributed by atoms with Gasteiger partial charge in [-0.3, -0.25) is 0 Å². The van der Waals surface area contributed by atoms with Crippen molar-refractivity contribution < 1.29 is 10.2 Å². The zero-order valence-electron chi connectivity index (χ0n) is 13.6. The van der Waals surface area contributed by atoms with Gasteiger partial charge in [-0.05, 0) is 25.2 Å². The predicted molar refractivity (Wildman–Crippen MR) is 83.0 cm³/mol. The quantitative estimate of drug-likeness (QED) is 0.621. The third-order valence-corrected chi connectivity index (χ3v) is 4.52. The Hall–Kier alpha value is -0.340. The van der Waals surface area contributed by atoms with E-state index in [1.807, 2.05) is 32.9 Å². The Morgan fingerprint density at radius 1 is 0.947 bits per heavy atom. The molecule has 2 nitrogen and oxygen atoms in total. The second-order valence-electron chi connectivity index (χ2n) is 6.14. The molecule has 6 atom stereocenters. The molecule has 0 aliphatic heterocycles. The Kier molecular flexibility index (Phi) is 9.38. The fraction of sp³-hybridized carbons (Fsp3) is 0.882. The molecule has 0 rings (SSSR count). The molecule has 2 heteroatoms. The van der Waals surface area contributed by atoms with Crippen LogP contribution in [0.2, 0.25) is 0 Å². The Morgan fingerprint density at radius 2 is 1.53 bits per heavy atom. The van der Waals surface area contributed by atoms with E-state index in [9.17, 15) is 10.2 Å². The van der Waals surface area contributed by atoms with E-state index in [1.54, 1.807) is 0 Å². The zero-order chi connectivity index (χ0) is 15.0. The van der Waals surface area contributed by atoms with E-state index in [2.05, 4.69) is 20.8 Å². The summed E-state index contributed by atoms with van der Waals surface area (Å²) in [5, 5.41) is 20.8. The Bertz CT molecular complexity index is 250. The first-order chi connectivity index (χ1) is 8.88. The summed E-state index contributed by atoms with van der Waals surface area (Å²) in [6.45, 7) is 12.5. The van der Waals surface area contributed by atoms with Crippen molar-refractivity contribution in [3.63, 3.8) is 0 Å². The van der Waals surface area contributed by atoms with Crippen LogP contribution in [0.25, 0.3) is 0 Å². The van der Waals surface area contributed by atoms with Crippen molar-refractivity contribution in [2.45, 2.75) is 73.0 Å². The molecule has 0 saturated carbocycles. The minimum atomic E-state index is -0.475. The molecule has 0 saturated heterocycles. The van der Waals surface area contributed by atoms with Crippen LogP contribution in [0.3, 0.4) is 0 Å². The fourth-order valence-corrected chi connectivity index (χ4v) is 2.76. The normalized spacial score (nSPS) is 21.9. The molecule has 0 spiro atoms. The van der Waals surface area contributed by atoms with Gasteiger partial charge in [-0.2, -0.15) is 0 Å². The minimum Gasteiger partial charge on any atom is -0.392 e. The summed E-state index contributed by atoms with van der Waals surface area (Å²) in [6, 6.07) is 0. The smallest absolute Gasteiger partial charge is 0.0650 e. The van der Waals surface area contributed by atoms with Crippen LogP contribution in [0.5, 0.6) is 0 Å². The molecule has 0 heterocycles. The van der Waals surface area contributed by atoms with Gasteiger partial charge in [0.25, 0.3) is 0 Å². The first-order valence-corrected chi connectivity index (χ1v) is 7.87. The van der Waals surface area contributed by atoms with Gasteiger partial charge in [-0.15, -0.1) is 0 Å². The van der Waals surface area contributed by atoms with Gasteiger partial charge < -0.3 is 10.2 Å². The Morgan fingerprint density at radius 3 is 1.95 bits per heavy atom. The lowest BCUT2D eigenvalue weighted by atomic mass is 9.79. The average molecular weight is 270 g/mol. The van der Waals surface area contributed by atoms with Crippen LogP contribution in [-0.2, 0) is 0 Å². The van der Waals surface area contributed by atoms with Gasteiger partial charge in [0, 0.05) is 11.8 Å². The van der Waals surface area contributed by atoms with Crippen molar-refractivity contribution in [2.75, 3.05) is 0 Å². The molecule has 0 aromatic heterocycles. The molecule has 0 fully saturated rings. The number of hydrogen-bond acceptors (Lipinski definition) is 2. The molecule has 0 aromatic rings. The van der Waals surface area contributed by atoms with Crippen LogP contribution in [-0.4, -0.2) is 22.4 Å². The molecule has 0 amide bonds. The van der Waals surface area contributed by atoms with Gasteiger partial charge in [0.1, 0.15) is 0 Å². The number of aliphatic hydroxyl groups is 2. The molecule has 0 radical (unpaired) electrons. The summed E-state index contributed by atoms with van der Waals surface area (Å²) >= 11 is 0. The predicted octanol–water partition coefficient (Wildman–Crippen LogP) is 4.02. The highest BCUT2D eigenvalue weighted by atomic mass is 16.3. The van der Waals surface area contributed by atoms with E-state index in [1.165, 1.54) is 0 Å². The molecule has 0 aliphatic carbocycles. The summed E-state index contributed by atoms with van der Waals surface area (Å²) in [6.07, 6.45) is 6.24. The number of hydrogen-bond donors (Lipinski definition) is 2. The van der Waals surface area contributed by atoms with E-state index in [0.717, 1.165) is 19.3 Å². The van der Waals surface area contributed by atoms with Crippen molar-refractivity contribution in [1.82, 2.24) is 0 Å². The molecular weight excluding hydrogens is 236 g/mol. The average Bonchev–Trinajstić information content (AvgIpc) is 2.42. The molecule has 19 heavy (non-hydrogen) atoms. The summed E-state index contributed by atoms with van der Waals surface area (Å²) in [4.78, 5) is 0. The largest absolute Gasteiger partial charge is 0.392 e. The molecule has 0 aliphatic rings. The number of aliphatic hydroxyl groups excluding tert-OH is 2. The van der Waals surface area contributed by atoms with Crippen molar-refractivity contribution in [3.05, 3.63) is 12.2 Å². The lowest BCUT2D eigenvalue weighted by Crippen LogP contribution is -2.38. The maximum atomic E-state index is 10.5. The second kappa shape index (κ2) is 9.55. The third kappa shape index (κ3) is 6.09. The highest BCUT2D eigenvalue weighted by molar-refractivity contribution is 4.91. The van der Waals surface area contributed by atoms with Gasteiger partial charge >= 0.3 is 0 Å². The lowest BCUT2D eigenvalue weighted by Gasteiger charge is -2.33. The van der Waals surface area contributed by atoms with E-state index in [-0.39, 0.29) is 17.8 Å². The van der Waals surface area contributed by atoms with E-state index >= 15 is 0 Å². The fourth-order valence-electron chi connectivity index (χ4n) is 2.76. The standard InChI is InChI=1S/C17H34O2/c1-7-10-13(5)16(18)14(6)17(19)15(9-3)11-12(4)8-2/h7,10,12-19H,8-9,11H2,1-6H3. The van der Waals surface area contributed by atoms with Crippen molar-refractivity contribution in [1.29, 1.82) is 0 Å². The van der Waals surface area contributed by atoms with E-state index < -0.39 is 12.2 Å². The Balaban J connectivity index is 4.61.